The topological polar surface area (TPSA) is 73.9 Å². The molecule has 25 heavy (non-hydrogen) atoms. The molecule has 0 bridgehead atoms. The first-order chi connectivity index (χ1) is 12.2. The fourth-order valence-electron chi connectivity index (χ4n) is 3.54. The summed E-state index contributed by atoms with van der Waals surface area (Å²) in [6.07, 6.45) is 3.58. The van der Waals surface area contributed by atoms with Crippen molar-refractivity contribution >= 4 is 23.3 Å². The van der Waals surface area contributed by atoms with Crippen LogP contribution in [-0.4, -0.2) is 67.7 Å². The van der Waals surface area contributed by atoms with E-state index in [1.807, 2.05) is 11.0 Å². The van der Waals surface area contributed by atoms with Gasteiger partial charge in [0.25, 0.3) is 0 Å². The van der Waals surface area contributed by atoms with Crippen LogP contribution in [0.4, 0.5) is 16.2 Å². The number of methoxy groups -OCH3 is 1. The van der Waals surface area contributed by atoms with Crippen LogP contribution in [0.5, 0.6) is 0 Å². The predicted molar refractivity (Wildman–Crippen MR) is 96.8 cm³/mol. The van der Waals surface area contributed by atoms with Gasteiger partial charge in [-0.1, -0.05) is 6.07 Å². The van der Waals surface area contributed by atoms with Crippen molar-refractivity contribution in [3.05, 3.63) is 24.3 Å². The van der Waals surface area contributed by atoms with Crippen LogP contribution in [0.1, 0.15) is 19.3 Å². The summed E-state index contributed by atoms with van der Waals surface area (Å²) in [6.45, 7) is 3.89. The standard InChI is InChI=1S/C18H26N4O3/c1-25-13-17(23)19-14-5-4-6-15(11-14)20-18(24)22-10-7-16(12-22)21-8-2-3-9-21/h4-6,11,16H,2-3,7-10,12-13H2,1H3,(H,19,23)(H,20,24). The van der Waals surface area contributed by atoms with Gasteiger partial charge in [-0.15, -0.1) is 0 Å². The zero-order chi connectivity index (χ0) is 17.6. The smallest absolute Gasteiger partial charge is 0.321 e. The molecule has 1 unspecified atom stereocenters. The third-order valence-electron chi connectivity index (χ3n) is 4.78. The lowest BCUT2D eigenvalue weighted by molar-refractivity contribution is -0.119. The van der Waals surface area contributed by atoms with Crippen LogP contribution in [0.3, 0.4) is 0 Å². The minimum atomic E-state index is -0.223. The second-order valence-corrected chi connectivity index (χ2v) is 6.62. The molecule has 2 aliphatic heterocycles. The first-order valence-electron chi connectivity index (χ1n) is 8.84. The number of hydrogen-bond donors (Lipinski definition) is 2. The van der Waals surface area contributed by atoms with E-state index in [9.17, 15) is 9.59 Å². The molecule has 0 aliphatic carbocycles. The minimum absolute atomic E-state index is 0.00224. The number of ether oxygens (including phenoxy) is 1. The number of likely N-dealkylation sites (tertiary alicyclic amines) is 2. The minimum Gasteiger partial charge on any atom is -0.375 e. The Morgan fingerprint density at radius 3 is 2.60 bits per heavy atom. The zero-order valence-corrected chi connectivity index (χ0v) is 14.7. The SMILES string of the molecule is COCC(=O)Nc1cccc(NC(=O)N2CCC(N3CCCC3)C2)c1. The van der Waals surface area contributed by atoms with Crippen LogP contribution in [0.15, 0.2) is 24.3 Å². The molecule has 2 saturated heterocycles. The highest BCUT2D eigenvalue weighted by Crippen LogP contribution is 2.22. The van der Waals surface area contributed by atoms with E-state index < -0.39 is 0 Å². The van der Waals surface area contributed by atoms with Crippen LogP contribution in [0.2, 0.25) is 0 Å². The lowest BCUT2D eigenvalue weighted by atomic mass is 10.2. The maximum absolute atomic E-state index is 12.5. The molecule has 1 aromatic rings. The summed E-state index contributed by atoms with van der Waals surface area (Å²) in [6, 6.07) is 7.56. The predicted octanol–water partition coefficient (Wildman–Crippen LogP) is 1.97. The van der Waals surface area contributed by atoms with E-state index in [0.29, 0.717) is 17.4 Å². The number of amides is 3. The van der Waals surface area contributed by atoms with Crippen LogP contribution in [0, 0.1) is 0 Å². The van der Waals surface area contributed by atoms with Crippen LogP contribution >= 0.6 is 0 Å². The molecular formula is C18H26N4O3. The summed E-state index contributed by atoms with van der Waals surface area (Å²) in [7, 11) is 1.47. The Morgan fingerprint density at radius 2 is 1.88 bits per heavy atom. The Kier molecular flexibility index (Phi) is 5.88. The molecule has 0 saturated carbocycles. The second-order valence-electron chi connectivity index (χ2n) is 6.62. The average Bonchev–Trinajstić information content (AvgIpc) is 3.27. The molecule has 3 amide bonds. The lowest BCUT2D eigenvalue weighted by Crippen LogP contribution is -2.38. The van der Waals surface area contributed by atoms with Crippen molar-refractivity contribution in [1.82, 2.24) is 9.80 Å². The molecule has 2 aliphatic rings. The normalized spacial score (nSPS) is 20.7. The molecule has 0 radical (unpaired) electrons. The largest absolute Gasteiger partial charge is 0.375 e. The molecule has 1 aromatic carbocycles. The van der Waals surface area contributed by atoms with Gasteiger partial charge >= 0.3 is 6.03 Å². The first kappa shape index (κ1) is 17.7. The molecule has 2 N–H and O–H groups in total. The van der Waals surface area contributed by atoms with Gasteiger partial charge < -0.3 is 20.3 Å². The Hall–Kier alpha value is -2.12. The fraction of sp³-hybridized carbons (Fsp3) is 0.556. The van der Waals surface area contributed by atoms with Crippen LogP contribution in [0.25, 0.3) is 0 Å². The number of carbonyl (C=O) groups excluding carboxylic acids is 2. The summed E-state index contributed by atoms with van der Waals surface area (Å²) in [4.78, 5) is 28.5. The van der Waals surface area contributed by atoms with Crippen molar-refractivity contribution in [3.63, 3.8) is 0 Å². The molecular weight excluding hydrogens is 320 g/mol. The molecule has 2 fully saturated rings. The summed E-state index contributed by atoms with van der Waals surface area (Å²) in [5, 5.41) is 5.66. The number of nitrogens with one attached hydrogen (secondary N) is 2. The van der Waals surface area contributed by atoms with Gasteiger partial charge in [0.15, 0.2) is 0 Å². The maximum Gasteiger partial charge on any atom is 0.321 e. The number of urea groups is 1. The highest BCUT2D eigenvalue weighted by atomic mass is 16.5. The third kappa shape index (κ3) is 4.70. The van der Waals surface area contributed by atoms with E-state index in [2.05, 4.69) is 15.5 Å². The van der Waals surface area contributed by atoms with E-state index in [1.54, 1.807) is 18.2 Å². The Labute approximate surface area is 148 Å². The van der Waals surface area contributed by atoms with E-state index in [4.69, 9.17) is 4.74 Å². The van der Waals surface area contributed by atoms with Gasteiger partial charge in [-0.25, -0.2) is 4.79 Å². The number of anilines is 2. The van der Waals surface area contributed by atoms with E-state index in [-0.39, 0.29) is 18.5 Å². The fourth-order valence-corrected chi connectivity index (χ4v) is 3.54. The van der Waals surface area contributed by atoms with Gasteiger partial charge in [0, 0.05) is 37.6 Å². The van der Waals surface area contributed by atoms with E-state index in [0.717, 1.165) is 32.6 Å². The molecule has 2 heterocycles. The number of nitrogens with zero attached hydrogens (tertiary/aromatic N) is 2. The van der Waals surface area contributed by atoms with Gasteiger partial charge in [-0.3, -0.25) is 9.69 Å². The quantitative estimate of drug-likeness (QED) is 0.855. The van der Waals surface area contributed by atoms with Gasteiger partial charge in [0.05, 0.1) is 0 Å². The van der Waals surface area contributed by atoms with Gasteiger partial charge in [0.2, 0.25) is 5.91 Å². The van der Waals surface area contributed by atoms with Gasteiger partial charge in [-0.2, -0.15) is 0 Å². The summed E-state index contributed by atoms with van der Waals surface area (Å²) in [5.74, 6) is -0.223. The van der Waals surface area contributed by atoms with Crippen LogP contribution in [-0.2, 0) is 9.53 Å². The van der Waals surface area contributed by atoms with Crippen molar-refractivity contribution in [3.8, 4) is 0 Å². The highest BCUT2D eigenvalue weighted by Gasteiger charge is 2.31. The molecule has 1 atom stereocenters. The molecule has 136 valence electrons. The summed E-state index contributed by atoms with van der Waals surface area (Å²) >= 11 is 0. The molecule has 0 aromatic heterocycles. The van der Waals surface area contributed by atoms with Crippen molar-refractivity contribution in [2.45, 2.75) is 25.3 Å². The highest BCUT2D eigenvalue weighted by molar-refractivity contribution is 5.94. The Morgan fingerprint density at radius 1 is 1.16 bits per heavy atom. The number of hydrogen-bond acceptors (Lipinski definition) is 4. The molecule has 7 nitrogen and oxygen atoms in total. The summed E-state index contributed by atoms with van der Waals surface area (Å²) in [5.41, 5.74) is 1.31. The van der Waals surface area contributed by atoms with Crippen LogP contribution < -0.4 is 10.6 Å². The van der Waals surface area contributed by atoms with E-state index in [1.165, 1.54) is 20.0 Å². The average molecular weight is 346 g/mol. The zero-order valence-electron chi connectivity index (χ0n) is 14.7. The number of benzene rings is 1. The van der Waals surface area contributed by atoms with E-state index >= 15 is 0 Å². The van der Waals surface area contributed by atoms with Gasteiger partial charge in [0.1, 0.15) is 6.61 Å². The van der Waals surface area contributed by atoms with Crippen molar-refractivity contribution in [2.75, 3.05) is 50.5 Å². The monoisotopic (exact) mass is 346 g/mol. The lowest BCUT2D eigenvalue weighted by Gasteiger charge is -2.23. The van der Waals surface area contributed by atoms with Crippen molar-refractivity contribution in [2.24, 2.45) is 0 Å². The van der Waals surface area contributed by atoms with Gasteiger partial charge in [-0.05, 0) is 50.6 Å². The number of carbonyl (C=O) groups is 2. The third-order valence-corrected chi connectivity index (χ3v) is 4.78. The Bertz CT molecular complexity index is 616. The van der Waals surface area contributed by atoms with Crippen molar-refractivity contribution < 1.29 is 14.3 Å². The maximum atomic E-state index is 12.5. The molecule has 3 rings (SSSR count). The molecule has 7 heteroatoms. The van der Waals surface area contributed by atoms with Crippen molar-refractivity contribution in [1.29, 1.82) is 0 Å². The second kappa shape index (κ2) is 8.31. The first-order valence-corrected chi connectivity index (χ1v) is 8.84. The Balaban J connectivity index is 1.53. The summed E-state index contributed by atoms with van der Waals surface area (Å²) < 4.78 is 4.80. The molecule has 0 spiro atoms. The number of rotatable bonds is 5.